The third-order valence-corrected chi connectivity index (χ3v) is 4.03. The smallest absolute Gasteiger partial charge is 0.429 e. The van der Waals surface area contributed by atoms with E-state index < -0.39 is 6.16 Å². The number of nitriles is 1. The first-order valence-corrected chi connectivity index (χ1v) is 6.85. The van der Waals surface area contributed by atoms with Gasteiger partial charge in [0.1, 0.15) is 11.9 Å². The van der Waals surface area contributed by atoms with Gasteiger partial charge in [0.05, 0.1) is 11.6 Å². The summed E-state index contributed by atoms with van der Waals surface area (Å²) in [6.07, 6.45) is 1.47. The molecule has 3 saturated heterocycles. The molecule has 1 atom stereocenters. The van der Waals surface area contributed by atoms with Gasteiger partial charge in [0.2, 0.25) is 0 Å². The van der Waals surface area contributed by atoms with Gasteiger partial charge in [-0.2, -0.15) is 5.26 Å². The summed E-state index contributed by atoms with van der Waals surface area (Å²) >= 11 is 0. The number of carbonyl (C=O) groups excluding carboxylic acids is 1. The molecule has 3 aliphatic heterocycles. The number of piperidine rings is 3. The van der Waals surface area contributed by atoms with Crippen LogP contribution in [0.15, 0.2) is 24.3 Å². The average molecular weight is 272 g/mol. The van der Waals surface area contributed by atoms with Gasteiger partial charge in [-0.25, -0.2) is 4.79 Å². The van der Waals surface area contributed by atoms with Crippen LogP contribution in [0.25, 0.3) is 0 Å². The van der Waals surface area contributed by atoms with E-state index >= 15 is 0 Å². The predicted molar refractivity (Wildman–Crippen MR) is 71.2 cm³/mol. The van der Waals surface area contributed by atoms with Gasteiger partial charge in [0.15, 0.2) is 0 Å². The molecule has 0 spiro atoms. The van der Waals surface area contributed by atoms with Gasteiger partial charge >= 0.3 is 6.16 Å². The Morgan fingerprint density at radius 1 is 1.25 bits per heavy atom. The SMILES string of the molecule is N#Cc1ccc(OC(=O)O[C@H]2CN3CCC2CC3)cc1. The fourth-order valence-corrected chi connectivity index (χ4v) is 2.89. The van der Waals surface area contributed by atoms with Gasteiger partial charge in [-0.15, -0.1) is 0 Å². The lowest BCUT2D eigenvalue weighted by Crippen LogP contribution is -2.52. The molecule has 104 valence electrons. The number of fused-ring (bicyclic) bond motifs is 3. The first-order valence-electron chi connectivity index (χ1n) is 6.85. The number of carbonyl (C=O) groups is 1. The number of benzene rings is 1. The lowest BCUT2D eigenvalue weighted by Gasteiger charge is -2.43. The second kappa shape index (κ2) is 5.51. The zero-order valence-electron chi connectivity index (χ0n) is 11.1. The van der Waals surface area contributed by atoms with Crippen molar-refractivity contribution in [3.05, 3.63) is 29.8 Å². The molecular weight excluding hydrogens is 256 g/mol. The van der Waals surface area contributed by atoms with E-state index in [4.69, 9.17) is 14.7 Å². The molecule has 3 aliphatic rings. The van der Waals surface area contributed by atoms with E-state index in [0.717, 1.165) is 32.5 Å². The Morgan fingerprint density at radius 2 is 1.95 bits per heavy atom. The van der Waals surface area contributed by atoms with Crippen molar-refractivity contribution in [2.45, 2.75) is 18.9 Å². The standard InChI is InChI=1S/C15H16N2O3/c16-9-11-1-3-13(4-2-11)19-15(18)20-14-10-17-7-5-12(14)6-8-17/h1-4,12,14H,5-8,10H2/t14-/m0/s1. The molecule has 4 rings (SSSR count). The Morgan fingerprint density at radius 3 is 2.50 bits per heavy atom. The van der Waals surface area contributed by atoms with E-state index in [0.29, 0.717) is 17.2 Å². The predicted octanol–water partition coefficient (Wildman–Crippen LogP) is 2.17. The quantitative estimate of drug-likeness (QED) is 0.610. The summed E-state index contributed by atoms with van der Waals surface area (Å²) in [5.41, 5.74) is 0.531. The molecule has 5 heteroatoms. The minimum absolute atomic E-state index is 0.0524. The molecule has 0 aliphatic carbocycles. The molecule has 3 heterocycles. The summed E-state index contributed by atoms with van der Waals surface area (Å²) in [5.74, 6) is 0.865. The van der Waals surface area contributed by atoms with E-state index in [1.165, 1.54) is 0 Å². The minimum atomic E-state index is -0.659. The Balaban J connectivity index is 1.55. The molecule has 3 fully saturated rings. The normalized spacial score (nSPS) is 27.6. The molecule has 0 aromatic heterocycles. The Hall–Kier alpha value is -2.06. The average Bonchev–Trinajstić information content (AvgIpc) is 2.49. The van der Waals surface area contributed by atoms with Crippen molar-refractivity contribution in [1.29, 1.82) is 5.26 Å². The summed E-state index contributed by atoms with van der Waals surface area (Å²) in [7, 11) is 0. The Labute approximate surface area is 117 Å². The fraction of sp³-hybridized carbons (Fsp3) is 0.467. The van der Waals surface area contributed by atoms with Crippen LogP contribution in [-0.2, 0) is 4.74 Å². The minimum Gasteiger partial charge on any atom is -0.429 e. The van der Waals surface area contributed by atoms with Gasteiger partial charge < -0.3 is 9.47 Å². The molecule has 1 aromatic rings. The third-order valence-electron chi connectivity index (χ3n) is 4.03. The molecule has 2 bridgehead atoms. The highest BCUT2D eigenvalue weighted by atomic mass is 16.7. The van der Waals surface area contributed by atoms with Crippen LogP contribution in [0.2, 0.25) is 0 Å². The number of hydrogen-bond acceptors (Lipinski definition) is 5. The van der Waals surface area contributed by atoms with E-state index in [1.54, 1.807) is 24.3 Å². The van der Waals surface area contributed by atoms with Crippen LogP contribution in [0, 0.1) is 17.2 Å². The van der Waals surface area contributed by atoms with Crippen molar-refractivity contribution in [2.75, 3.05) is 19.6 Å². The summed E-state index contributed by atoms with van der Waals surface area (Å²) < 4.78 is 10.6. The van der Waals surface area contributed by atoms with Crippen LogP contribution in [0.3, 0.4) is 0 Å². The molecule has 0 N–H and O–H groups in total. The van der Waals surface area contributed by atoms with Crippen LogP contribution in [0.5, 0.6) is 5.75 Å². The molecule has 5 nitrogen and oxygen atoms in total. The third kappa shape index (κ3) is 2.75. The molecule has 0 saturated carbocycles. The van der Waals surface area contributed by atoms with Crippen LogP contribution >= 0.6 is 0 Å². The Kier molecular flexibility index (Phi) is 3.57. The van der Waals surface area contributed by atoms with Crippen molar-refractivity contribution in [3.63, 3.8) is 0 Å². The number of nitrogens with zero attached hydrogens (tertiary/aromatic N) is 2. The number of ether oxygens (including phenoxy) is 2. The van der Waals surface area contributed by atoms with Crippen LogP contribution < -0.4 is 4.74 Å². The maximum Gasteiger partial charge on any atom is 0.514 e. The van der Waals surface area contributed by atoms with Crippen LogP contribution in [0.1, 0.15) is 18.4 Å². The molecule has 1 aromatic carbocycles. The van der Waals surface area contributed by atoms with Gasteiger partial charge in [0, 0.05) is 6.54 Å². The highest BCUT2D eigenvalue weighted by Gasteiger charge is 2.36. The zero-order chi connectivity index (χ0) is 13.9. The molecular formula is C15H16N2O3. The van der Waals surface area contributed by atoms with Gasteiger partial charge in [0.25, 0.3) is 0 Å². The molecule has 20 heavy (non-hydrogen) atoms. The van der Waals surface area contributed by atoms with Gasteiger partial charge in [-0.1, -0.05) is 0 Å². The topological polar surface area (TPSA) is 62.6 Å². The second-order valence-electron chi connectivity index (χ2n) is 5.28. The second-order valence-corrected chi connectivity index (χ2v) is 5.28. The van der Waals surface area contributed by atoms with Gasteiger partial charge in [-0.3, -0.25) is 4.90 Å². The highest BCUT2D eigenvalue weighted by Crippen LogP contribution is 2.29. The maximum atomic E-state index is 11.8. The van der Waals surface area contributed by atoms with Gasteiger partial charge in [-0.05, 0) is 56.1 Å². The van der Waals surface area contributed by atoms with Crippen LogP contribution in [0.4, 0.5) is 4.79 Å². The van der Waals surface area contributed by atoms with E-state index in [9.17, 15) is 4.79 Å². The summed E-state index contributed by atoms with van der Waals surface area (Å²) in [6.45, 7) is 3.03. The number of rotatable bonds is 2. The summed E-state index contributed by atoms with van der Waals surface area (Å²) in [6, 6.07) is 8.42. The van der Waals surface area contributed by atoms with Crippen molar-refractivity contribution in [3.8, 4) is 11.8 Å². The first kappa shape index (κ1) is 12.9. The Bertz CT molecular complexity index is 527. The molecule has 0 amide bonds. The number of hydrogen-bond donors (Lipinski definition) is 0. The lowest BCUT2D eigenvalue weighted by molar-refractivity contribution is -0.0462. The highest BCUT2D eigenvalue weighted by molar-refractivity contribution is 5.64. The van der Waals surface area contributed by atoms with E-state index in [-0.39, 0.29) is 6.10 Å². The summed E-state index contributed by atoms with van der Waals surface area (Å²) in [5, 5.41) is 8.70. The van der Waals surface area contributed by atoms with Crippen LogP contribution in [-0.4, -0.2) is 36.8 Å². The zero-order valence-corrected chi connectivity index (χ0v) is 11.1. The lowest BCUT2D eigenvalue weighted by atomic mass is 9.86. The maximum absolute atomic E-state index is 11.8. The van der Waals surface area contributed by atoms with Crippen molar-refractivity contribution in [1.82, 2.24) is 4.90 Å². The largest absolute Gasteiger partial charge is 0.514 e. The molecule has 0 unspecified atom stereocenters. The fourth-order valence-electron chi connectivity index (χ4n) is 2.89. The van der Waals surface area contributed by atoms with Crippen molar-refractivity contribution >= 4 is 6.16 Å². The monoisotopic (exact) mass is 272 g/mol. The van der Waals surface area contributed by atoms with E-state index in [2.05, 4.69) is 4.90 Å². The van der Waals surface area contributed by atoms with Crippen molar-refractivity contribution in [2.24, 2.45) is 5.92 Å². The first-order chi connectivity index (χ1) is 9.74. The summed E-state index contributed by atoms with van der Waals surface area (Å²) in [4.78, 5) is 14.1. The van der Waals surface area contributed by atoms with E-state index in [1.807, 2.05) is 6.07 Å². The van der Waals surface area contributed by atoms with Crippen molar-refractivity contribution < 1.29 is 14.3 Å². The molecule has 0 radical (unpaired) electrons.